The molecule has 1 fully saturated rings. The van der Waals surface area contributed by atoms with Gasteiger partial charge in [0.1, 0.15) is 12.0 Å². The lowest BCUT2D eigenvalue weighted by Crippen LogP contribution is -2.18. The highest BCUT2D eigenvalue weighted by Crippen LogP contribution is 2.58. The Hall–Kier alpha value is -1.31. The molecule has 0 heterocycles. The van der Waals surface area contributed by atoms with Crippen LogP contribution in [0, 0.1) is 11.8 Å². The first-order valence-corrected chi connectivity index (χ1v) is 5.75. The summed E-state index contributed by atoms with van der Waals surface area (Å²) in [6.45, 7) is 4.38. The average Bonchev–Trinajstić information content (AvgIpc) is 3.05. The molecule has 2 rings (SSSR count). The third-order valence-corrected chi connectivity index (χ3v) is 3.88. The standard InChI is InChI=1S/C14H18O2/c1-10(2)14(8-12(14)9-15)11-4-6-13(16-3)7-5-11/h4-7,9-10,12H,8H2,1-3H3. The molecule has 16 heavy (non-hydrogen) atoms. The van der Waals surface area contributed by atoms with E-state index in [0.717, 1.165) is 18.5 Å². The molecule has 2 heteroatoms. The average molecular weight is 218 g/mol. The number of carbonyl (C=O) groups excluding carboxylic acids is 1. The first-order chi connectivity index (χ1) is 7.65. The van der Waals surface area contributed by atoms with Gasteiger partial charge in [-0.1, -0.05) is 26.0 Å². The van der Waals surface area contributed by atoms with Gasteiger partial charge in [-0.05, 0) is 30.0 Å². The van der Waals surface area contributed by atoms with Crippen LogP contribution in [0.25, 0.3) is 0 Å². The van der Waals surface area contributed by atoms with E-state index < -0.39 is 0 Å². The highest BCUT2D eigenvalue weighted by Gasteiger charge is 2.57. The van der Waals surface area contributed by atoms with Crippen molar-refractivity contribution in [3.8, 4) is 5.75 Å². The first kappa shape index (κ1) is 11.2. The molecule has 0 spiro atoms. The van der Waals surface area contributed by atoms with Gasteiger partial charge in [0.25, 0.3) is 0 Å². The molecule has 2 nitrogen and oxygen atoms in total. The van der Waals surface area contributed by atoms with E-state index in [1.165, 1.54) is 5.56 Å². The minimum absolute atomic E-state index is 0.0774. The molecule has 1 aromatic rings. The number of aldehydes is 1. The number of hydrogen-bond donors (Lipinski definition) is 0. The maximum atomic E-state index is 11.0. The van der Waals surface area contributed by atoms with Crippen LogP contribution in [-0.2, 0) is 10.2 Å². The summed E-state index contributed by atoms with van der Waals surface area (Å²) in [6.07, 6.45) is 2.09. The van der Waals surface area contributed by atoms with Crippen LogP contribution in [0.4, 0.5) is 0 Å². The highest BCUT2D eigenvalue weighted by molar-refractivity contribution is 5.65. The fourth-order valence-corrected chi connectivity index (χ4v) is 2.70. The summed E-state index contributed by atoms with van der Waals surface area (Å²) in [5, 5.41) is 0. The van der Waals surface area contributed by atoms with Crippen LogP contribution >= 0.6 is 0 Å². The fraction of sp³-hybridized carbons (Fsp3) is 0.500. The Balaban J connectivity index is 2.31. The molecule has 1 saturated carbocycles. The molecule has 0 bridgehead atoms. The molecule has 1 aromatic carbocycles. The SMILES string of the molecule is COc1ccc(C2(C(C)C)CC2C=O)cc1. The third kappa shape index (κ3) is 1.53. The van der Waals surface area contributed by atoms with Crippen LogP contribution in [0.1, 0.15) is 25.8 Å². The molecule has 0 amide bonds. The maximum Gasteiger partial charge on any atom is 0.124 e. The molecule has 0 radical (unpaired) electrons. The monoisotopic (exact) mass is 218 g/mol. The number of hydrogen-bond acceptors (Lipinski definition) is 2. The zero-order valence-electron chi connectivity index (χ0n) is 10.1. The summed E-state index contributed by atoms with van der Waals surface area (Å²) < 4.78 is 5.15. The summed E-state index contributed by atoms with van der Waals surface area (Å²) in [5.74, 6) is 1.56. The van der Waals surface area contributed by atoms with E-state index in [1.807, 2.05) is 12.1 Å². The normalized spacial score (nSPS) is 27.9. The van der Waals surface area contributed by atoms with Gasteiger partial charge in [-0.2, -0.15) is 0 Å². The van der Waals surface area contributed by atoms with Gasteiger partial charge in [0.05, 0.1) is 7.11 Å². The molecule has 86 valence electrons. The van der Waals surface area contributed by atoms with Crippen molar-refractivity contribution >= 4 is 6.29 Å². The van der Waals surface area contributed by atoms with Crippen LogP contribution in [0.15, 0.2) is 24.3 Å². The second kappa shape index (κ2) is 3.93. The number of ether oxygens (including phenoxy) is 1. The van der Waals surface area contributed by atoms with Crippen LogP contribution in [0.5, 0.6) is 5.75 Å². The fourth-order valence-electron chi connectivity index (χ4n) is 2.70. The summed E-state index contributed by atoms with van der Waals surface area (Å²) in [6, 6.07) is 8.12. The molecule has 0 N–H and O–H groups in total. The second-order valence-corrected chi connectivity index (χ2v) is 4.87. The zero-order valence-corrected chi connectivity index (χ0v) is 10.1. The van der Waals surface area contributed by atoms with E-state index in [9.17, 15) is 4.79 Å². The van der Waals surface area contributed by atoms with Gasteiger partial charge < -0.3 is 9.53 Å². The van der Waals surface area contributed by atoms with E-state index in [-0.39, 0.29) is 11.3 Å². The van der Waals surface area contributed by atoms with Crippen LogP contribution < -0.4 is 4.74 Å². The van der Waals surface area contributed by atoms with E-state index in [2.05, 4.69) is 26.0 Å². The van der Waals surface area contributed by atoms with Crippen LogP contribution in [0.3, 0.4) is 0 Å². The summed E-state index contributed by atoms with van der Waals surface area (Å²) >= 11 is 0. The Bertz CT molecular complexity index is 380. The van der Waals surface area contributed by atoms with Gasteiger partial charge in [0.2, 0.25) is 0 Å². The summed E-state index contributed by atoms with van der Waals surface area (Å²) in [4.78, 5) is 11.0. The van der Waals surface area contributed by atoms with Gasteiger partial charge in [0.15, 0.2) is 0 Å². The Morgan fingerprint density at radius 3 is 2.38 bits per heavy atom. The number of methoxy groups -OCH3 is 1. The summed E-state index contributed by atoms with van der Waals surface area (Å²) in [5.41, 5.74) is 1.34. The van der Waals surface area contributed by atoms with Gasteiger partial charge in [-0.25, -0.2) is 0 Å². The van der Waals surface area contributed by atoms with Crippen LogP contribution in [-0.4, -0.2) is 13.4 Å². The molecule has 1 aliphatic carbocycles. The first-order valence-electron chi connectivity index (χ1n) is 5.75. The molecule has 2 unspecified atom stereocenters. The molecule has 0 aromatic heterocycles. The Labute approximate surface area is 96.6 Å². The van der Waals surface area contributed by atoms with Crippen molar-refractivity contribution in [2.45, 2.75) is 25.7 Å². The zero-order chi connectivity index (χ0) is 11.8. The molecule has 2 atom stereocenters. The van der Waals surface area contributed by atoms with Crippen molar-refractivity contribution in [1.29, 1.82) is 0 Å². The lowest BCUT2D eigenvalue weighted by Gasteiger charge is -2.21. The highest BCUT2D eigenvalue weighted by atomic mass is 16.5. The van der Waals surface area contributed by atoms with Crippen molar-refractivity contribution in [2.24, 2.45) is 11.8 Å². The molecular formula is C14H18O2. The topological polar surface area (TPSA) is 26.3 Å². The predicted octanol–water partition coefficient (Wildman–Crippen LogP) is 2.81. The van der Waals surface area contributed by atoms with E-state index in [4.69, 9.17) is 4.74 Å². The Kier molecular flexibility index (Phi) is 2.75. The van der Waals surface area contributed by atoms with Crippen molar-refractivity contribution < 1.29 is 9.53 Å². The number of benzene rings is 1. The number of rotatable bonds is 4. The minimum Gasteiger partial charge on any atom is -0.497 e. The van der Waals surface area contributed by atoms with E-state index in [0.29, 0.717) is 5.92 Å². The van der Waals surface area contributed by atoms with Crippen molar-refractivity contribution in [1.82, 2.24) is 0 Å². The molecule has 0 saturated heterocycles. The van der Waals surface area contributed by atoms with Gasteiger partial charge in [-0.3, -0.25) is 0 Å². The van der Waals surface area contributed by atoms with Gasteiger partial charge >= 0.3 is 0 Å². The van der Waals surface area contributed by atoms with Crippen molar-refractivity contribution in [3.63, 3.8) is 0 Å². The van der Waals surface area contributed by atoms with E-state index in [1.54, 1.807) is 7.11 Å². The second-order valence-electron chi connectivity index (χ2n) is 4.87. The molecular weight excluding hydrogens is 200 g/mol. The number of carbonyl (C=O) groups is 1. The van der Waals surface area contributed by atoms with Crippen molar-refractivity contribution in [3.05, 3.63) is 29.8 Å². The quantitative estimate of drug-likeness (QED) is 0.726. The smallest absolute Gasteiger partial charge is 0.124 e. The largest absolute Gasteiger partial charge is 0.497 e. The van der Waals surface area contributed by atoms with Crippen LogP contribution in [0.2, 0.25) is 0 Å². The molecule has 0 aliphatic heterocycles. The van der Waals surface area contributed by atoms with Gasteiger partial charge in [0, 0.05) is 11.3 Å². The third-order valence-electron chi connectivity index (χ3n) is 3.88. The lowest BCUT2D eigenvalue weighted by molar-refractivity contribution is -0.109. The molecule has 1 aliphatic rings. The Morgan fingerprint density at radius 1 is 1.38 bits per heavy atom. The van der Waals surface area contributed by atoms with Crippen molar-refractivity contribution in [2.75, 3.05) is 7.11 Å². The lowest BCUT2D eigenvalue weighted by atomic mass is 9.83. The van der Waals surface area contributed by atoms with Gasteiger partial charge in [-0.15, -0.1) is 0 Å². The Morgan fingerprint density at radius 2 is 2.00 bits per heavy atom. The predicted molar refractivity (Wildman–Crippen MR) is 63.7 cm³/mol. The summed E-state index contributed by atoms with van der Waals surface area (Å²) in [7, 11) is 1.67. The minimum atomic E-state index is 0.0774. The maximum absolute atomic E-state index is 11.0. The van der Waals surface area contributed by atoms with E-state index >= 15 is 0 Å².